The van der Waals surface area contributed by atoms with Gasteiger partial charge in [-0.05, 0) is 37.3 Å². The lowest BCUT2D eigenvalue weighted by atomic mass is 10.1. The number of phenols is 1. The zero-order valence-electron chi connectivity index (χ0n) is 22.0. The molecule has 2 aromatic carbocycles. The minimum absolute atomic E-state index is 0.0330. The Kier molecular flexibility index (Phi) is 6.91. The highest BCUT2D eigenvalue weighted by Crippen LogP contribution is 2.44. The first-order valence-corrected chi connectivity index (χ1v) is 14.1. The molecule has 1 unspecified atom stereocenters. The monoisotopic (exact) mass is 579 g/mol. The van der Waals surface area contributed by atoms with Gasteiger partial charge >= 0.3 is 5.63 Å². The standard InChI is InChI=1S/C28H26FN5O6S/c1-2-32-13-17(25(38)16-11-18(29)20(12-19(16)32)33-9-7-30-8-10-33)27(39)31-34-22(36)14-41-28(34)24-21(35)5-3-15-4-6-23(37)40-26(15)24/h3-6,11-13,28,30,35H,2,7-10,14H2,1H3,(H,31,39). The molecule has 4 heterocycles. The number of hydrogen-bond acceptors (Lipinski definition) is 9. The fourth-order valence-corrected chi connectivity index (χ4v) is 6.43. The van der Waals surface area contributed by atoms with Gasteiger partial charge in [-0.1, -0.05) is 0 Å². The number of aromatic nitrogens is 1. The summed E-state index contributed by atoms with van der Waals surface area (Å²) in [6.45, 7) is 4.92. The highest BCUT2D eigenvalue weighted by atomic mass is 32.2. The van der Waals surface area contributed by atoms with E-state index in [-0.39, 0.29) is 33.6 Å². The van der Waals surface area contributed by atoms with Crippen molar-refractivity contribution >= 4 is 51.1 Å². The number of hydrogen-bond donors (Lipinski definition) is 3. The normalized spacial score (nSPS) is 17.5. The summed E-state index contributed by atoms with van der Waals surface area (Å²) in [5.41, 5.74) is 2.02. The number of aromatic hydroxyl groups is 1. The number of carbonyl (C=O) groups is 2. The molecule has 0 spiro atoms. The summed E-state index contributed by atoms with van der Waals surface area (Å²) >= 11 is 1.11. The van der Waals surface area contributed by atoms with Gasteiger partial charge in [0.2, 0.25) is 5.43 Å². The van der Waals surface area contributed by atoms with Crippen LogP contribution in [0.25, 0.3) is 21.9 Å². The highest BCUT2D eigenvalue weighted by molar-refractivity contribution is 8.00. The van der Waals surface area contributed by atoms with Crippen LogP contribution < -0.4 is 26.7 Å². The molecule has 212 valence electrons. The Bertz CT molecular complexity index is 1830. The third-order valence-corrected chi connectivity index (χ3v) is 8.51. The summed E-state index contributed by atoms with van der Waals surface area (Å²) in [5.74, 6) is -2.17. The zero-order valence-corrected chi connectivity index (χ0v) is 22.8. The van der Waals surface area contributed by atoms with Crippen LogP contribution in [0.2, 0.25) is 0 Å². The van der Waals surface area contributed by atoms with Crippen LogP contribution in [0.1, 0.15) is 28.2 Å². The number of anilines is 1. The summed E-state index contributed by atoms with van der Waals surface area (Å²) in [7, 11) is 0. The van der Waals surface area contributed by atoms with Gasteiger partial charge in [-0.2, -0.15) is 0 Å². The second-order valence-electron chi connectivity index (χ2n) is 9.75. The van der Waals surface area contributed by atoms with Crippen molar-refractivity contribution in [3.05, 3.63) is 80.2 Å². The maximum atomic E-state index is 15.2. The number of piperazine rings is 1. The molecule has 2 saturated heterocycles. The molecule has 0 aliphatic carbocycles. The quantitative estimate of drug-likeness (QED) is 0.304. The molecule has 11 nitrogen and oxygen atoms in total. The van der Waals surface area contributed by atoms with Crippen molar-refractivity contribution in [2.24, 2.45) is 0 Å². The van der Waals surface area contributed by atoms with Gasteiger partial charge in [0.15, 0.2) is 0 Å². The molecule has 1 atom stereocenters. The SMILES string of the molecule is CCn1cc(C(=O)NN2C(=O)CSC2c2c(O)ccc3ccc(=O)oc23)c(=O)c2cc(F)c(N3CCNCC3)cc21. The Labute approximate surface area is 236 Å². The number of carbonyl (C=O) groups excluding carboxylic acids is 2. The molecule has 3 N–H and O–H groups in total. The number of pyridine rings is 1. The predicted octanol–water partition coefficient (Wildman–Crippen LogP) is 2.30. The number of aryl methyl sites for hydroxylation is 1. The van der Waals surface area contributed by atoms with E-state index in [0.29, 0.717) is 49.3 Å². The molecule has 0 radical (unpaired) electrons. The predicted molar refractivity (Wildman–Crippen MR) is 153 cm³/mol. The van der Waals surface area contributed by atoms with Gasteiger partial charge in [0.1, 0.15) is 28.1 Å². The average Bonchev–Trinajstić information content (AvgIpc) is 3.32. The minimum atomic E-state index is -0.936. The molecule has 2 aliphatic heterocycles. The fraction of sp³-hybridized carbons (Fsp3) is 0.286. The zero-order chi connectivity index (χ0) is 28.8. The molecule has 2 aromatic heterocycles. The van der Waals surface area contributed by atoms with E-state index < -0.39 is 34.1 Å². The first-order valence-electron chi connectivity index (χ1n) is 13.1. The maximum absolute atomic E-state index is 15.2. The van der Waals surface area contributed by atoms with Crippen molar-refractivity contribution in [2.75, 3.05) is 36.8 Å². The van der Waals surface area contributed by atoms with E-state index in [9.17, 15) is 24.3 Å². The van der Waals surface area contributed by atoms with Crippen molar-refractivity contribution in [2.45, 2.75) is 18.8 Å². The van der Waals surface area contributed by atoms with E-state index >= 15 is 4.39 Å². The Balaban J connectivity index is 1.38. The smallest absolute Gasteiger partial charge is 0.336 e. The van der Waals surface area contributed by atoms with Crippen molar-refractivity contribution in [1.82, 2.24) is 20.3 Å². The number of thioether (sulfide) groups is 1. The van der Waals surface area contributed by atoms with Gasteiger partial charge in [-0.25, -0.2) is 14.2 Å². The first kappa shape index (κ1) is 26.8. The van der Waals surface area contributed by atoms with E-state index in [2.05, 4.69) is 10.7 Å². The van der Waals surface area contributed by atoms with Gasteiger partial charge in [0.05, 0.1) is 22.5 Å². The van der Waals surface area contributed by atoms with Gasteiger partial charge in [-0.15, -0.1) is 11.8 Å². The molecule has 0 bridgehead atoms. The third-order valence-electron chi connectivity index (χ3n) is 7.33. The molecule has 4 aromatic rings. The van der Waals surface area contributed by atoms with Gasteiger partial charge < -0.3 is 24.3 Å². The van der Waals surface area contributed by atoms with Crippen LogP contribution in [0.3, 0.4) is 0 Å². The van der Waals surface area contributed by atoms with E-state index in [1.54, 1.807) is 16.7 Å². The second kappa shape index (κ2) is 10.6. The highest BCUT2D eigenvalue weighted by Gasteiger charge is 2.38. The molecular weight excluding hydrogens is 553 g/mol. The lowest BCUT2D eigenvalue weighted by Gasteiger charge is -2.30. The number of benzene rings is 2. The van der Waals surface area contributed by atoms with Crippen molar-refractivity contribution < 1.29 is 23.5 Å². The Morgan fingerprint density at radius 1 is 1.17 bits per heavy atom. The molecule has 6 rings (SSSR count). The number of amides is 2. The first-order chi connectivity index (χ1) is 19.8. The van der Waals surface area contributed by atoms with Crippen LogP contribution in [0.4, 0.5) is 10.1 Å². The number of phenolic OH excluding ortho intramolecular Hbond substituents is 1. The fourth-order valence-electron chi connectivity index (χ4n) is 5.28. The number of nitrogens with one attached hydrogen (secondary N) is 2. The molecular formula is C28H26FN5O6S. The Hall–Kier alpha value is -4.36. The average molecular weight is 580 g/mol. The summed E-state index contributed by atoms with van der Waals surface area (Å²) in [4.78, 5) is 53.7. The van der Waals surface area contributed by atoms with Crippen molar-refractivity contribution in [1.29, 1.82) is 0 Å². The topological polar surface area (TPSA) is 137 Å². The van der Waals surface area contributed by atoms with Crippen molar-refractivity contribution in [3.63, 3.8) is 0 Å². The number of rotatable bonds is 5. The number of nitrogens with zero attached hydrogens (tertiary/aromatic N) is 3. The van der Waals surface area contributed by atoms with Crippen LogP contribution in [-0.2, 0) is 11.3 Å². The van der Waals surface area contributed by atoms with E-state index in [0.717, 1.165) is 22.8 Å². The Morgan fingerprint density at radius 2 is 1.93 bits per heavy atom. The largest absolute Gasteiger partial charge is 0.507 e. The second-order valence-corrected chi connectivity index (χ2v) is 10.8. The van der Waals surface area contributed by atoms with Crippen molar-refractivity contribution in [3.8, 4) is 5.75 Å². The van der Waals surface area contributed by atoms with Gasteiger partial charge in [0, 0.05) is 55.8 Å². The van der Waals surface area contributed by atoms with Crippen LogP contribution >= 0.6 is 11.8 Å². The van der Waals surface area contributed by atoms with E-state index in [4.69, 9.17) is 4.42 Å². The number of hydrazine groups is 1. The van der Waals surface area contributed by atoms with Crippen LogP contribution in [0.15, 0.2) is 56.6 Å². The lowest BCUT2D eigenvalue weighted by Crippen LogP contribution is -2.46. The molecule has 13 heteroatoms. The van der Waals surface area contributed by atoms with Gasteiger partial charge in [0.25, 0.3) is 11.8 Å². The molecule has 2 fully saturated rings. The summed E-state index contributed by atoms with van der Waals surface area (Å²) in [6.07, 6.45) is 1.40. The maximum Gasteiger partial charge on any atom is 0.336 e. The van der Waals surface area contributed by atoms with Crippen LogP contribution in [-0.4, -0.2) is 58.4 Å². The van der Waals surface area contributed by atoms with Crippen LogP contribution in [0, 0.1) is 5.82 Å². The minimum Gasteiger partial charge on any atom is -0.507 e. The third kappa shape index (κ3) is 4.70. The number of halogens is 1. The van der Waals surface area contributed by atoms with Gasteiger partial charge in [-0.3, -0.25) is 19.8 Å². The molecule has 2 amide bonds. The summed E-state index contributed by atoms with van der Waals surface area (Å²) in [6, 6.07) is 8.54. The molecule has 0 saturated carbocycles. The summed E-state index contributed by atoms with van der Waals surface area (Å²) in [5, 5.41) is 14.5. The van der Waals surface area contributed by atoms with Crippen LogP contribution in [0.5, 0.6) is 5.75 Å². The van der Waals surface area contributed by atoms with E-state index in [1.807, 2.05) is 11.8 Å². The summed E-state index contributed by atoms with van der Waals surface area (Å²) < 4.78 is 22.3. The molecule has 41 heavy (non-hydrogen) atoms. The lowest BCUT2D eigenvalue weighted by molar-refractivity contribution is -0.130. The van der Waals surface area contributed by atoms with E-state index in [1.165, 1.54) is 24.4 Å². The number of fused-ring (bicyclic) bond motifs is 2. The Morgan fingerprint density at radius 3 is 2.68 bits per heavy atom. The molecule has 2 aliphatic rings.